The van der Waals surface area contributed by atoms with Crippen LogP contribution in [0.5, 0.6) is 5.75 Å². The van der Waals surface area contributed by atoms with Crippen LogP contribution >= 0.6 is 11.3 Å². The number of β-lactam (4-membered cyclic amide) rings is 1. The number of anilines is 1. The molecule has 3 rings (SSSR count). The number of carboxylic acid groups (broad SMARTS) is 1. The topological polar surface area (TPSA) is 288 Å². The average molecular weight is 740 g/mol. The Kier molecular flexibility index (Phi) is 14.2. The molecular weight excluding hydrogens is 699 g/mol. The molecule has 1 saturated heterocycles. The van der Waals surface area contributed by atoms with Crippen molar-refractivity contribution in [3.05, 3.63) is 47.1 Å². The number of nitrogens with zero attached hydrogens (tertiary/aromatic N) is 5. The first kappa shape index (κ1) is 39.8. The number of aliphatic imine (C=N–C) groups is 1. The van der Waals surface area contributed by atoms with Gasteiger partial charge in [0.2, 0.25) is 0 Å². The monoisotopic (exact) mass is 739 g/mol. The summed E-state index contributed by atoms with van der Waals surface area (Å²) in [5.41, 5.74) is 16.5. The number of carbonyl (C=O) groups excluding carboxylic acids is 2. The van der Waals surface area contributed by atoms with Gasteiger partial charge >= 0.3 is 16.4 Å². The zero-order valence-electron chi connectivity index (χ0n) is 27.6. The van der Waals surface area contributed by atoms with E-state index in [2.05, 4.69) is 24.7 Å². The first-order valence-electron chi connectivity index (χ1n) is 15.1. The van der Waals surface area contributed by atoms with E-state index in [0.29, 0.717) is 30.4 Å². The number of carbonyl (C=O) groups is 3. The minimum Gasteiger partial charge on any atom is -0.489 e. The summed E-state index contributed by atoms with van der Waals surface area (Å²) in [5, 5.41) is 17.7. The van der Waals surface area contributed by atoms with Crippen LogP contribution in [0.1, 0.15) is 37.9 Å². The Morgan fingerprint density at radius 3 is 2.46 bits per heavy atom. The summed E-state index contributed by atoms with van der Waals surface area (Å²) in [6.45, 7) is 4.60. The van der Waals surface area contributed by atoms with E-state index in [9.17, 15) is 27.9 Å². The number of hydroxylamine groups is 2. The molecule has 1 aromatic carbocycles. The van der Waals surface area contributed by atoms with Gasteiger partial charge in [0.15, 0.2) is 10.8 Å². The number of aromatic nitrogens is 1. The van der Waals surface area contributed by atoms with Gasteiger partial charge in [-0.05, 0) is 57.5 Å². The molecular formula is C29H41N9O10S2. The number of ether oxygens (including phenoxy) is 1. The van der Waals surface area contributed by atoms with E-state index in [-0.39, 0.29) is 10.8 Å². The predicted molar refractivity (Wildman–Crippen MR) is 184 cm³/mol. The Labute approximate surface area is 292 Å². The van der Waals surface area contributed by atoms with Crippen molar-refractivity contribution in [2.45, 2.75) is 44.4 Å². The highest BCUT2D eigenvalue weighted by Crippen LogP contribution is 2.33. The van der Waals surface area contributed by atoms with Gasteiger partial charge in [-0.15, -0.1) is 15.6 Å². The fourth-order valence-corrected chi connectivity index (χ4v) is 5.37. The van der Waals surface area contributed by atoms with Crippen molar-refractivity contribution >= 4 is 62.2 Å². The Hall–Kier alpha value is -4.67. The van der Waals surface area contributed by atoms with Crippen molar-refractivity contribution in [3.63, 3.8) is 0 Å². The third kappa shape index (κ3) is 11.2. The average Bonchev–Trinajstić information content (AvgIpc) is 3.49. The summed E-state index contributed by atoms with van der Waals surface area (Å²) in [6.07, 6.45) is 3.55. The van der Waals surface area contributed by atoms with Gasteiger partial charge in [-0.2, -0.15) is 13.5 Å². The number of benzene rings is 1. The second kappa shape index (κ2) is 17.8. The summed E-state index contributed by atoms with van der Waals surface area (Å²) < 4.78 is 41.2. The normalized spacial score (nSPS) is 17.0. The molecule has 0 radical (unpaired) electrons. The zero-order chi connectivity index (χ0) is 37.1. The molecule has 2 atom stereocenters. The van der Waals surface area contributed by atoms with Crippen LogP contribution < -0.4 is 27.3 Å². The second-order valence-corrected chi connectivity index (χ2v) is 13.3. The number of nitrogens with two attached hydrogens (primary N) is 3. The third-order valence-electron chi connectivity index (χ3n) is 7.03. The lowest BCUT2D eigenvalue weighted by Crippen LogP contribution is -2.76. The molecule has 0 spiro atoms. The summed E-state index contributed by atoms with van der Waals surface area (Å²) >= 11 is 0.955. The maximum atomic E-state index is 13.3. The predicted octanol–water partition coefficient (Wildman–Crippen LogP) is -0.141. The minimum atomic E-state index is -5.03. The summed E-state index contributed by atoms with van der Waals surface area (Å²) in [5.74, 6) is -3.17. The molecule has 50 heavy (non-hydrogen) atoms. The van der Waals surface area contributed by atoms with Crippen LogP contribution in [0.15, 0.2) is 46.0 Å². The van der Waals surface area contributed by atoms with Crippen molar-refractivity contribution < 1.29 is 46.3 Å². The van der Waals surface area contributed by atoms with Crippen molar-refractivity contribution in [2.75, 3.05) is 45.6 Å². The second-order valence-electron chi connectivity index (χ2n) is 11.4. The van der Waals surface area contributed by atoms with Gasteiger partial charge in [0.25, 0.3) is 17.9 Å². The standard InChI is InChI=1S/C29H41N9O10S2/c1-29(2)24(26(40)38(29)48-50(43,44)45)35-25(39)23(21-17-49-28(32)34-21)36-47-22(27(41)42)16-46-20-8-6-18(7-9-20)19(14-33-12-4-10-30)15-37(3)13-5-11-31/h6-9,14-15,17,22,24H,4-5,10-13,16,30-31H2,1-3H3,(H2,32,34)(H,35,39)(H,41,42)(H,43,44,45)/b19-15+,33-14?,36-23-/t22-,24+/m0/s1. The molecule has 21 heteroatoms. The fourth-order valence-electron chi connectivity index (χ4n) is 4.37. The van der Waals surface area contributed by atoms with Crippen LogP contribution in [0.25, 0.3) is 5.57 Å². The van der Waals surface area contributed by atoms with Crippen molar-refractivity contribution in [1.29, 1.82) is 0 Å². The van der Waals surface area contributed by atoms with E-state index in [0.717, 1.165) is 41.9 Å². The quantitative estimate of drug-likeness (QED) is 0.0339. The first-order valence-corrected chi connectivity index (χ1v) is 17.4. The van der Waals surface area contributed by atoms with E-state index in [1.165, 1.54) is 19.2 Å². The van der Waals surface area contributed by atoms with Gasteiger partial charge in [0, 0.05) is 43.5 Å². The molecule has 0 unspecified atom stereocenters. The molecule has 9 N–H and O–H groups in total. The molecule has 1 fully saturated rings. The Morgan fingerprint density at radius 2 is 1.90 bits per heavy atom. The molecule has 2 aromatic rings. The molecule has 19 nitrogen and oxygen atoms in total. The lowest BCUT2D eigenvalue weighted by atomic mass is 9.84. The van der Waals surface area contributed by atoms with Gasteiger partial charge in [-0.1, -0.05) is 17.3 Å². The maximum absolute atomic E-state index is 13.3. The van der Waals surface area contributed by atoms with Gasteiger partial charge in [0.05, 0.1) is 5.54 Å². The highest BCUT2D eigenvalue weighted by molar-refractivity contribution is 7.80. The third-order valence-corrected chi connectivity index (χ3v) is 8.04. The number of nitrogens with one attached hydrogen (secondary N) is 1. The van der Waals surface area contributed by atoms with E-state index in [4.69, 9.17) is 31.3 Å². The van der Waals surface area contributed by atoms with Crippen LogP contribution in [0.3, 0.4) is 0 Å². The molecule has 0 aliphatic carbocycles. The molecule has 1 aliphatic heterocycles. The molecule has 0 bridgehead atoms. The van der Waals surface area contributed by atoms with Crippen LogP contribution in [0.2, 0.25) is 0 Å². The Balaban J connectivity index is 1.74. The largest absolute Gasteiger partial charge is 0.489 e. The van der Waals surface area contributed by atoms with Crippen LogP contribution in [0, 0.1) is 0 Å². The summed E-state index contributed by atoms with van der Waals surface area (Å²) in [6, 6.07) is 5.51. The van der Waals surface area contributed by atoms with Crippen molar-refractivity contribution in [3.8, 4) is 5.75 Å². The van der Waals surface area contributed by atoms with Crippen molar-refractivity contribution in [1.82, 2.24) is 20.3 Å². The number of carboxylic acids is 1. The van der Waals surface area contributed by atoms with E-state index >= 15 is 0 Å². The zero-order valence-corrected chi connectivity index (χ0v) is 29.2. The van der Waals surface area contributed by atoms with E-state index < -0.39 is 58.2 Å². The van der Waals surface area contributed by atoms with Crippen molar-refractivity contribution in [2.24, 2.45) is 21.6 Å². The SMILES string of the molecule is CN(/C=C(\C=NCCCN)c1ccc(OC[C@H](O/N=C(\C(=O)N[C@@H]2C(=O)N(OS(=O)(=O)O)C2(C)C)c2csc(N)n2)C(=O)O)cc1)CCCN. The lowest BCUT2D eigenvalue weighted by molar-refractivity contribution is -0.218. The maximum Gasteiger partial charge on any atom is 0.418 e. The molecule has 1 aromatic heterocycles. The molecule has 1 aliphatic rings. The van der Waals surface area contributed by atoms with Gasteiger partial charge in [-0.3, -0.25) is 19.1 Å². The highest BCUT2D eigenvalue weighted by atomic mass is 32.3. The number of amides is 2. The van der Waals surface area contributed by atoms with E-state index in [1.807, 2.05) is 18.1 Å². The molecule has 2 amide bonds. The van der Waals surface area contributed by atoms with Crippen LogP contribution in [-0.2, 0) is 33.9 Å². The minimum absolute atomic E-state index is 0.0527. The number of allylic oxidation sites excluding steroid dienone is 1. The number of nitrogen functional groups attached to an aromatic ring is 1. The Morgan fingerprint density at radius 1 is 1.22 bits per heavy atom. The number of hydrogen-bond donors (Lipinski definition) is 6. The van der Waals surface area contributed by atoms with Gasteiger partial charge in [0.1, 0.15) is 24.1 Å². The summed E-state index contributed by atoms with van der Waals surface area (Å²) in [7, 11) is -3.10. The van der Waals surface area contributed by atoms with Crippen LogP contribution in [0.4, 0.5) is 5.13 Å². The van der Waals surface area contributed by atoms with Gasteiger partial charge in [-0.25, -0.2) is 9.78 Å². The Bertz CT molecular complexity index is 1690. The molecule has 2 heterocycles. The number of thiazole rings is 1. The van der Waals surface area contributed by atoms with E-state index in [1.54, 1.807) is 30.5 Å². The lowest BCUT2D eigenvalue weighted by Gasteiger charge is -2.50. The number of rotatable bonds is 20. The number of hydrogen-bond acceptors (Lipinski definition) is 16. The molecule has 0 saturated carbocycles. The van der Waals surface area contributed by atoms with Crippen LogP contribution in [-0.4, -0.2) is 120 Å². The number of aliphatic carboxylic acids is 1. The smallest absolute Gasteiger partial charge is 0.418 e. The first-order chi connectivity index (χ1) is 23.6. The number of oxime groups is 1. The fraction of sp³-hybridized carbons (Fsp3) is 0.448. The van der Waals surface area contributed by atoms with Gasteiger partial charge < -0.3 is 42.1 Å². The summed E-state index contributed by atoms with van der Waals surface area (Å²) in [4.78, 5) is 53.5. The molecule has 274 valence electrons. The highest BCUT2D eigenvalue weighted by Gasteiger charge is 2.58.